The van der Waals surface area contributed by atoms with Crippen LogP contribution in [0.3, 0.4) is 0 Å². The lowest BCUT2D eigenvalue weighted by atomic mass is 10.0. The number of hydrogen-bond acceptors (Lipinski definition) is 4. The molecule has 0 unspecified atom stereocenters. The summed E-state index contributed by atoms with van der Waals surface area (Å²) in [5.74, 6) is -0.540. The molecular formula is C27H28Cl2F3N3O3. The van der Waals surface area contributed by atoms with Gasteiger partial charge in [0.25, 0.3) is 5.91 Å². The Bertz CT molecular complexity index is 1380. The second-order valence-corrected chi connectivity index (χ2v) is 10.1. The summed E-state index contributed by atoms with van der Waals surface area (Å²) in [6.07, 6.45) is -4.22. The molecule has 204 valence electrons. The van der Waals surface area contributed by atoms with Gasteiger partial charge in [0.15, 0.2) is 0 Å². The molecule has 6 nitrogen and oxygen atoms in total. The third-order valence-corrected chi connectivity index (χ3v) is 7.67. The van der Waals surface area contributed by atoms with Crippen molar-refractivity contribution >= 4 is 46.0 Å². The summed E-state index contributed by atoms with van der Waals surface area (Å²) in [6, 6.07) is 7.30. The van der Waals surface area contributed by atoms with Gasteiger partial charge >= 0.3 is 12.1 Å². The van der Waals surface area contributed by atoms with E-state index in [1.54, 1.807) is 42.5 Å². The van der Waals surface area contributed by atoms with Crippen molar-refractivity contribution in [3.63, 3.8) is 0 Å². The maximum atomic E-state index is 13.4. The smallest absolute Gasteiger partial charge is 0.416 e. The molecule has 1 saturated heterocycles. The van der Waals surface area contributed by atoms with Crippen molar-refractivity contribution in [2.75, 3.05) is 39.3 Å². The number of ether oxygens (including phenoxy) is 1. The Morgan fingerprint density at radius 2 is 1.74 bits per heavy atom. The predicted octanol–water partition coefficient (Wildman–Crippen LogP) is 5.72. The van der Waals surface area contributed by atoms with Gasteiger partial charge in [-0.1, -0.05) is 23.2 Å². The number of piperazine rings is 1. The topological polar surface area (TPSA) is 54.8 Å². The monoisotopic (exact) mass is 569 g/mol. The number of amides is 1. The number of carbonyl (C=O) groups is 2. The fraction of sp³-hybridized carbons (Fsp3) is 0.407. The number of alkyl halides is 3. The van der Waals surface area contributed by atoms with Crippen molar-refractivity contribution in [3.05, 3.63) is 68.3 Å². The molecule has 1 amide bonds. The van der Waals surface area contributed by atoms with Crippen LogP contribution in [-0.4, -0.2) is 65.6 Å². The van der Waals surface area contributed by atoms with Gasteiger partial charge in [-0.2, -0.15) is 13.2 Å². The van der Waals surface area contributed by atoms with Crippen LogP contribution < -0.4 is 0 Å². The highest BCUT2D eigenvalue weighted by Crippen LogP contribution is 2.36. The van der Waals surface area contributed by atoms with Crippen molar-refractivity contribution in [1.29, 1.82) is 0 Å². The van der Waals surface area contributed by atoms with Gasteiger partial charge in [-0.05, 0) is 55.3 Å². The minimum absolute atomic E-state index is 0.177. The highest BCUT2D eigenvalue weighted by Gasteiger charge is 2.32. The van der Waals surface area contributed by atoms with Crippen LogP contribution in [-0.2, 0) is 29.2 Å². The summed E-state index contributed by atoms with van der Waals surface area (Å²) in [6.45, 7) is 5.80. The molecule has 38 heavy (non-hydrogen) atoms. The first-order chi connectivity index (χ1) is 17.9. The number of rotatable bonds is 6. The van der Waals surface area contributed by atoms with E-state index in [1.807, 2.05) is 11.0 Å². The van der Waals surface area contributed by atoms with Gasteiger partial charge < -0.3 is 14.2 Å². The number of halogens is 5. The quantitative estimate of drug-likeness (QED) is 0.356. The van der Waals surface area contributed by atoms with Crippen molar-refractivity contribution < 1.29 is 27.5 Å². The molecule has 0 saturated carbocycles. The number of nitrogens with zero attached hydrogens (tertiary/aromatic N) is 3. The van der Waals surface area contributed by atoms with Gasteiger partial charge in [0.2, 0.25) is 0 Å². The number of fused-ring (bicyclic) bond motifs is 1. The lowest BCUT2D eigenvalue weighted by molar-refractivity contribution is -0.144. The molecule has 4 rings (SSSR count). The van der Waals surface area contributed by atoms with Crippen LogP contribution >= 0.6 is 23.2 Å². The lowest BCUT2D eigenvalue weighted by Gasteiger charge is -2.34. The number of carbonyl (C=O) groups excluding carboxylic acids is 2. The molecule has 1 aromatic heterocycles. The number of hydrogen-bond donors (Lipinski definition) is 0. The molecule has 11 heteroatoms. The first-order valence-corrected chi connectivity index (χ1v) is 13.0. The van der Waals surface area contributed by atoms with Crippen molar-refractivity contribution in [2.24, 2.45) is 7.05 Å². The first kappa shape index (κ1) is 28.3. The molecule has 0 spiro atoms. The third-order valence-electron chi connectivity index (χ3n) is 6.89. The Hall–Kier alpha value is -2.75. The van der Waals surface area contributed by atoms with Gasteiger partial charge in [-0.3, -0.25) is 14.5 Å². The molecule has 0 N–H and O–H groups in total. The Kier molecular flexibility index (Phi) is 8.30. The second-order valence-electron chi connectivity index (χ2n) is 9.36. The van der Waals surface area contributed by atoms with Gasteiger partial charge in [0, 0.05) is 61.3 Å². The molecule has 0 bridgehead atoms. The van der Waals surface area contributed by atoms with Crippen molar-refractivity contribution in [2.45, 2.75) is 26.4 Å². The van der Waals surface area contributed by atoms with E-state index in [2.05, 4.69) is 0 Å². The Labute approximate surface area is 228 Å². The van der Waals surface area contributed by atoms with E-state index < -0.39 is 11.7 Å². The average molecular weight is 570 g/mol. The zero-order chi connectivity index (χ0) is 27.8. The third kappa shape index (κ3) is 5.80. The molecule has 0 radical (unpaired) electrons. The van der Waals surface area contributed by atoms with Crippen LogP contribution in [0, 0.1) is 6.92 Å². The highest BCUT2D eigenvalue weighted by atomic mass is 35.5. The SMILES string of the molecule is CCOC(=O)CN1CCN(C(=O)c2ccc(Cl)c(Cc3cc4c(C)cc(C(F)(F)F)cc4n3C)c2Cl)CC1. The summed E-state index contributed by atoms with van der Waals surface area (Å²) in [5, 5.41) is 1.29. The van der Waals surface area contributed by atoms with Gasteiger partial charge in [-0.15, -0.1) is 0 Å². The van der Waals surface area contributed by atoms with E-state index >= 15 is 0 Å². The predicted molar refractivity (Wildman–Crippen MR) is 141 cm³/mol. The lowest BCUT2D eigenvalue weighted by Crippen LogP contribution is -2.50. The molecule has 1 fully saturated rings. The largest absolute Gasteiger partial charge is 0.465 e. The maximum Gasteiger partial charge on any atom is 0.416 e. The highest BCUT2D eigenvalue weighted by molar-refractivity contribution is 6.38. The molecule has 1 aliphatic rings. The molecule has 2 heterocycles. The summed E-state index contributed by atoms with van der Waals surface area (Å²) < 4.78 is 46.8. The fourth-order valence-electron chi connectivity index (χ4n) is 4.77. The molecule has 3 aromatic rings. The molecule has 1 aliphatic heterocycles. The summed E-state index contributed by atoms with van der Waals surface area (Å²) in [5.41, 5.74) is 1.80. The normalized spacial score (nSPS) is 14.8. The molecule has 0 aliphatic carbocycles. The number of aryl methyl sites for hydroxylation is 2. The zero-order valence-electron chi connectivity index (χ0n) is 21.3. The molecule has 2 aromatic carbocycles. The van der Waals surface area contributed by atoms with Crippen LogP contribution in [0.5, 0.6) is 0 Å². The first-order valence-electron chi connectivity index (χ1n) is 12.2. The van der Waals surface area contributed by atoms with E-state index in [-0.39, 0.29) is 29.9 Å². The molecular weight excluding hydrogens is 542 g/mol. The Balaban J connectivity index is 1.56. The Morgan fingerprint density at radius 3 is 2.37 bits per heavy atom. The van der Waals surface area contributed by atoms with Crippen molar-refractivity contribution in [3.8, 4) is 0 Å². The minimum atomic E-state index is -4.45. The van der Waals surface area contributed by atoms with Crippen LogP contribution in [0.2, 0.25) is 10.0 Å². The minimum Gasteiger partial charge on any atom is -0.465 e. The van der Waals surface area contributed by atoms with E-state index in [0.29, 0.717) is 71.1 Å². The zero-order valence-corrected chi connectivity index (χ0v) is 22.8. The van der Waals surface area contributed by atoms with Crippen LogP contribution in [0.1, 0.15) is 39.7 Å². The van der Waals surface area contributed by atoms with E-state index in [1.165, 1.54) is 0 Å². The fourth-order valence-corrected chi connectivity index (χ4v) is 5.36. The summed E-state index contributed by atoms with van der Waals surface area (Å²) in [7, 11) is 1.70. The van der Waals surface area contributed by atoms with Crippen molar-refractivity contribution in [1.82, 2.24) is 14.4 Å². The second kappa shape index (κ2) is 11.2. The summed E-state index contributed by atoms with van der Waals surface area (Å²) in [4.78, 5) is 28.7. The molecule has 0 atom stereocenters. The van der Waals surface area contributed by atoms with E-state index in [4.69, 9.17) is 27.9 Å². The van der Waals surface area contributed by atoms with Gasteiger partial charge in [-0.25, -0.2) is 0 Å². The average Bonchev–Trinajstić information content (AvgIpc) is 3.17. The Morgan fingerprint density at radius 1 is 1.05 bits per heavy atom. The van der Waals surface area contributed by atoms with Crippen LogP contribution in [0.4, 0.5) is 13.2 Å². The van der Waals surface area contributed by atoms with Gasteiger partial charge in [0.05, 0.1) is 29.3 Å². The number of aromatic nitrogens is 1. The van der Waals surface area contributed by atoms with E-state index in [0.717, 1.165) is 12.1 Å². The maximum absolute atomic E-state index is 13.4. The summed E-state index contributed by atoms with van der Waals surface area (Å²) >= 11 is 13.2. The van der Waals surface area contributed by atoms with E-state index in [9.17, 15) is 22.8 Å². The van der Waals surface area contributed by atoms with Crippen LogP contribution in [0.25, 0.3) is 10.9 Å². The standard InChI is InChI=1S/C27H28Cl2F3N3O3/c1-4-38-24(36)15-34-7-9-35(10-8-34)26(37)19-5-6-22(28)21(25(19)29)14-18-13-20-16(2)11-17(27(30,31)32)12-23(20)33(18)3/h5-6,11-13H,4,7-10,14-15H2,1-3H3. The van der Waals surface area contributed by atoms with Gasteiger partial charge in [0.1, 0.15) is 0 Å². The number of esters is 1. The number of benzene rings is 2. The van der Waals surface area contributed by atoms with Crippen LogP contribution in [0.15, 0.2) is 30.3 Å².